The van der Waals surface area contributed by atoms with E-state index in [0.29, 0.717) is 19.0 Å². The third-order valence-corrected chi connectivity index (χ3v) is 3.84. The third-order valence-electron chi connectivity index (χ3n) is 3.84. The van der Waals surface area contributed by atoms with Crippen LogP contribution in [-0.4, -0.2) is 24.8 Å². The van der Waals surface area contributed by atoms with Gasteiger partial charge in [-0.25, -0.2) is 4.99 Å². The minimum atomic E-state index is 0. The zero-order valence-electron chi connectivity index (χ0n) is 16.1. The number of hydrogen-bond acceptors (Lipinski definition) is 4. The molecule has 0 radical (unpaired) electrons. The maximum absolute atomic E-state index is 5.37. The van der Waals surface area contributed by atoms with Gasteiger partial charge in [-0.2, -0.15) is 0 Å². The normalized spacial score (nSPS) is 11.2. The Morgan fingerprint density at radius 1 is 1.27 bits per heavy atom. The van der Waals surface area contributed by atoms with Gasteiger partial charge < -0.3 is 19.9 Å². The predicted molar refractivity (Wildman–Crippen MR) is 115 cm³/mol. The Kier molecular flexibility index (Phi) is 9.47. The second-order valence-electron chi connectivity index (χ2n) is 6.23. The van der Waals surface area contributed by atoms with Gasteiger partial charge in [-0.05, 0) is 37.0 Å². The van der Waals surface area contributed by atoms with Gasteiger partial charge in [-0.3, -0.25) is 0 Å². The van der Waals surface area contributed by atoms with Crippen LogP contribution in [0.3, 0.4) is 0 Å². The van der Waals surface area contributed by atoms with Crippen molar-refractivity contribution in [2.45, 2.75) is 46.7 Å². The number of hydrogen-bond donors (Lipinski definition) is 2. The number of methoxy groups -OCH3 is 1. The molecule has 2 aromatic rings. The van der Waals surface area contributed by atoms with Gasteiger partial charge in [0.25, 0.3) is 0 Å². The molecule has 144 valence electrons. The van der Waals surface area contributed by atoms with Crippen LogP contribution < -0.4 is 15.4 Å². The molecule has 0 spiro atoms. The largest absolute Gasteiger partial charge is 0.496 e. The summed E-state index contributed by atoms with van der Waals surface area (Å²) in [4.78, 5) is 4.62. The Labute approximate surface area is 172 Å². The number of aliphatic imine (C=N–C) groups is 1. The molecule has 0 atom stereocenters. The highest BCUT2D eigenvalue weighted by atomic mass is 127. The summed E-state index contributed by atoms with van der Waals surface area (Å²) in [5.74, 6) is 2.78. The van der Waals surface area contributed by atoms with E-state index in [-0.39, 0.29) is 24.0 Å². The highest BCUT2D eigenvalue weighted by molar-refractivity contribution is 14.0. The Hall–Kier alpha value is -1.77. The molecule has 6 nitrogen and oxygen atoms in total. The summed E-state index contributed by atoms with van der Waals surface area (Å²) in [6.07, 6.45) is 0. The predicted octanol–water partition coefficient (Wildman–Crippen LogP) is 3.99. The average Bonchev–Trinajstić information content (AvgIpc) is 3.08. The Morgan fingerprint density at radius 2 is 2.04 bits per heavy atom. The summed E-state index contributed by atoms with van der Waals surface area (Å²) in [6, 6.07) is 8.11. The molecule has 0 unspecified atom stereocenters. The molecule has 0 bridgehead atoms. The second-order valence-corrected chi connectivity index (χ2v) is 6.23. The molecule has 0 saturated carbocycles. The van der Waals surface area contributed by atoms with Gasteiger partial charge in [0.2, 0.25) is 0 Å². The Balaban J connectivity index is 0.00000338. The molecule has 2 rings (SSSR count). The van der Waals surface area contributed by atoms with E-state index >= 15 is 0 Å². The zero-order chi connectivity index (χ0) is 18.2. The lowest BCUT2D eigenvalue weighted by Crippen LogP contribution is -2.36. The first-order chi connectivity index (χ1) is 12.0. The van der Waals surface area contributed by atoms with Crippen LogP contribution in [0.15, 0.2) is 33.8 Å². The van der Waals surface area contributed by atoms with Crippen molar-refractivity contribution in [1.29, 1.82) is 0 Å². The molecule has 0 aliphatic rings. The maximum atomic E-state index is 5.37. The topological polar surface area (TPSA) is 71.7 Å². The number of aryl methyl sites for hydroxylation is 1. The smallest absolute Gasteiger partial charge is 0.191 e. The fourth-order valence-electron chi connectivity index (χ4n) is 2.33. The average molecular weight is 472 g/mol. The molecule has 0 fully saturated rings. The number of nitrogens with zero attached hydrogens (tertiary/aromatic N) is 2. The molecule has 7 heteroatoms. The van der Waals surface area contributed by atoms with E-state index < -0.39 is 0 Å². The first-order valence-electron chi connectivity index (χ1n) is 8.64. The highest BCUT2D eigenvalue weighted by Crippen LogP contribution is 2.19. The molecule has 0 saturated heterocycles. The Bertz CT molecular complexity index is 713. The monoisotopic (exact) mass is 472 g/mol. The van der Waals surface area contributed by atoms with Crippen molar-refractivity contribution in [2.24, 2.45) is 4.99 Å². The van der Waals surface area contributed by atoms with Crippen molar-refractivity contribution in [3.05, 3.63) is 46.8 Å². The van der Waals surface area contributed by atoms with Crippen molar-refractivity contribution in [1.82, 2.24) is 15.8 Å². The van der Waals surface area contributed by atoms with Crippen molar-refractivity contribution in [3.8, 4) is 5.75 Å². The molecule has 2 N–H and O–H groups in total. The van der Waals surface area contributed by atoms with Gasteiger partial charge >= 0.3 is 0 Å². The fraction of sp³-hybridized carbons (Fsp3) is 0.474. The number of ether oxygens (including phenoxy) is 1. The summed E-state index contributed by atoms with van der Waals surface area (Å²) < 4.78 is 10.7. The molecule has 0 aliphatic heterocycles. The third kappa shape index (κ3) is 6.51. The van der Waals surface area contributed by atoms with E-state index in [1.165, 1.54) is 0 Å². The first-order valence-corrected chi connectivity index (χ1v) is 8.64. The number of rotatable bonds is 7. The van der Waals surface area contributed by atoms with E-state index in [1.807, 2.05) is 32.0 Å². The lowest BCUT2D eigenvalue weighted by Gasteiger charge is -2.10. The molecular weight excluding hydrogens is 443 g/mol. The summed E-state index contributed by atoms with van der Waals surface area (Å²) in [7, 11) is 1.68. The molecular formula is C19H29IN4O2. The van der Waals surface area contributed by atoms with Crippen LogP contribution in [0.2, 0.25) is 0 Å². The van der Waals surface area contributed by atoms with Crippen LogP contribution in [0.1, 0.15) is 49.3 Å². The summed E-state index contributed by atoms with van der Waals surface area (Å²) in [6.45, 7) is 10.2. The van der Waals surface area contributed by atoms with Gasteiger partial charge in [0.05, 0.1) is 25.9 Å². The summed E-state index contributed by atoms with van der Waals surface area (Å²) in [5.41, 5.74) is 3.18. The SMILES string of the molecule is CCNC(=NCc1ccc(C)c(OC)c1)NCc1cc(C(C)C)no1.I. The fourth-order valence-corrected chi connectivity index (χ4v) is 2.33. The van der Waals surface area contributed by atoms with Crippen LogP contribution in [0.5, 0.6) is 5.75 Å². The molecule has 1 heterocycles. The molecule has 0 aliphatic carbocycles. The van der Waals surface area contributed by atoms with Gasteiger partial charge in [0.1, 0.15) is 5.75 Å². The van der Waals surface area contributed by atoms with E-state index in [9.17, 15) is 0 Å². The molecule has 26 heavy (non-hydrogen) atoms. The number of halogens is 1. The lowest BCUT2D eigenvalue weighted by atomic mass is 10.1. The summed E-state index contributed by atoms with van der Waals surface area (Å²) >= 11 is 0. The first kappa shape index (κ1) is 22.3. The molecule has 0 amide bonds. The van der Waals surface area contributed by atoms with E-state index in [2.05, 4.69) is 40.7 Å². The minimum absolute atomic E-state index is 0. The van der Waals surface area contributed by atoms with Gasteiger partial charge in [-0.15, -0.1) is 24.0 Å². The van der Waals surface area contributed by atoms with Crippen molar-refractivity contribution in [2.75, 3.05) is 13.7 Å². The van der Waals surface area contributed by atoms with Gasteiger partial charge in [0.15, 0.2) is 11.7 Å². The van der Waals surface area contributed by atoms with Gasteiger partial charge in [0, 0.05) is 12.6 Å². The van der Waals surface area contributed by atoms with Crippen LogP contribution in [0.25, 0.3) is 0 Å². The Morgan fingerprint density at radius 3 is 2.65 bits per heavy atom. The second kappa shape index (κ2) is 11.1. The van der Waals surface area contributed by atoms with Crippen molar-refractivity contribution in [3.63, 3.8) is 0 Å². The van der Waals surface area contributed by atoms with Crippen LogP contribution in [0.4, 0.5) is 0 Å². The van der Waals surface area contributed by atoms with Crippen molar-refractivity contribution < 1.29 is 9.26 Å². The standard InChI is InChI=1S/C19H28N4O2.HI/c1-6-20-19(22-12-16-10-17(13(2)3)23-25-16)21-11-15-8-7-14(4)18(9-15)24-5;/h7-10,13H,6,11-12H2,1-5H3,(H2,20,21,22);1H. The maximum Gasteiger partial charge on any atom is 0.191 e. The number of aromatic nitrogens is 1. The summed E-state index contributed by atoms with van der Waals surface area (Å²) in [5, 5.41) is 10.6. The van der Waals surface area contributed by atoms with Crippen LogP contribution in [-0.2, 0) is 13.1 Å². The van der Waals surface area contributed by atoms with Crippen LogP contribution in [0, 0.1) is 6.92 Å². The molecule has 1 aromatic heterocycles. The lowest BCUT2D eigenvalue weighted by molar-refractivity contribution is 0.372. The van der Waals surface area contributed by atoms with Crippen LogP contribution >= 0.6 is 24.0 Å². The van der Waals surface area contributed by atoms with E-state index in [4.69, 9.17) is 9.26 Å². The number of guanidine groups is 1. The molecule has 1 aromatic carbocycles. The number of nitrogens with one attached hydrogen (secondary N) is 2. The quantitative estimate of drug-likeness (QED) is 0.362. The zero-order valence-corrected chi connectivity index (χ0v) is 18.5. The number of benzene rings is 1. The van der Waals surface area contributed by atoms with E-state index in [0.717, 1.165) is 40.8 Å². The highest BCUT2D eigenvalue weighted by Gasteiger charge is 2.08. The van der Waals surface area contributed by atoms with Gasteiger partial charge in [-0.1, -0.05) is 31.1 Å². The van der Waals surface area contributed by atoms with E-state index in [1.54, 1.807) is 7.11 Å². The minimum Gasteiger partial charge on any atom is -0.496 e. The van der Waals surface area contributed by atoms with Crippen molar-refractivity contribution >= 4 is 29.9 Å².